The molecule has 1 aliphatic heterocycles. The molecule has 3 N–H and O–H groups in total. The fraction of sp³-hybridized carbons (Fsp3) is 0.857. The van der Waals surface area contributed by atoms with Gasteiger partial charge in [0.2, 0.25) is 5.91 Å². The summed E-state index contributed by atoms with van der Waals surface area (Å²) in [6.45, 7) is 9.48. The maximum absolute atomic E-state index is 12.4. The number of rotatable bonds is 4. The van der Waals surface area contributed by atoms with Crippen molar-refractivity contribution in [1.82, 2.24) is 10.6 Å². The number of hydrogen-bond acceptors (Lipinski definition) is 3. The van der Waals surface area contributed by atoms with Crippen LogP contribution in [0.25, 0.3) is 0 Å². The molecule has 0 saturated carbocycles. The zero-order valence-corrected chi connectivity index (χ0v) is 12.4. The number of nitrogens with one attached hydrogen (secondary N) is 2. The van der Waals surface area contributed by atoms with Crippen molar-refractivity contribution in [2.24, 2.45) is 10.8 Å². The van der Waals surface area contributed by atoms with Crippen LogP contribution in [0, 0.1) is 10.8 Å². The SMILES string of the molecule is CC1(C(=O)NC(CC(=O)O)C(C)(C)C)CCNCC1. The molecule has 1 aliphatic rings. The second-order valence-electron chi connectivity index (χ2n) is 6.80. The van der Waals surface area contributed by atoms with Gasteiger partial charge in [0.1, 0.15) is 0 Å². The van der Waals surface area contributed by atoms with E-state index in [0.29, 0.717) is 0 Å². The van der Waals surface area contributed by atoms with Gasteiger partial charge in [-0.05, 0) is 31.3 Å². The summed E-state index contributed by atoms with van der Waals surface area (Å²) < 4.78 is 0. The third-order valence-electron chi connectivity index (χ3n) is 3.98. The third kappa shape index (κ3) is 4.49. The van der Waals surface area contributed by atoms with Crippen LogP contribution in [-0.4, -0.2) is 36.1 Å². The summed E-state index contributed by atoms with van der Waals surface area (Å²) >= 11 is 0. The number of carbonyl (C=O) groups excluding carboxylic acids is 1. The highest BCUT2D eigenvalue weighted by Crippen LogP contribution is 2.30. The Hall–Kier alpha value is -1.10. The number of hydrogen-bond donors (Lipinski definition) is 3. The number of carboxylic acids is 1. The molecular formula is C14H26N2O3. The molecule has 110 valence electrons. The molecule has 0 aromatic rings. The largest absolute Gasteiger partial charge is 0.481 e. The molecule has 5 heteroatoms. The Labute approximate surface area is 115 Å². The summed E-state index contributed by atoms with van der Waals surface area (Å²) in [4.78, 5) is 23.4. The molecule has 1 atom stereocenters. The number of aliphatic carboxylic acids is 1. The second kappa shape index (κ2) is 5.90. The zero-order chi connectivity index (χ0) is 14.7. The molecule has 0 bridgehead atoms. The van der Waals surface area contributed by atoms with Crippen molar-refractivity contribution < 1.29 is 14.7 Å². The van der Waals surface area contributed by atoms with Crippen molar-refractivity contribution in [3.05, 3.63) is 0 Å². The highest BCUT2D eigenvalue weighted by atomic mass is 16.4. The van der Waals surface area contributed by atoms with E-state index in [2.05, 4.69) is 10.6 Å². The van der Waals surface area contributed by atoms with Gasteiger partial charge < -0.3 is 15.7 Å². The number of amides is 1. The molecule has 1 unspecified atom stereocenters. The maximum atomic E-state index is 12.4. The van der Waals surface area contributed by atoms with Crippen molar-refractivity contribution in [2.75, 3.05) is 13.1 Å². The lowest BCUT2D eigenvalue weighted by molar-refractivity contribution is -0.139. The number of carboxylic acid groups (broad SMARTS) is 1. The molecule has 19 heavy (non-hydrogen) atoms. The molecule has 0 radical (unpaired) electrons. The Morgan fingerprint density at radius 3 is 2.26 bits per heavy atom. The van der Waals surface area contributed by atoms with Crippen LogP contribution < -0.4 is 10.6 Å². The van der Waals surface area contributed by atoms with Gasteiger partial charge in [-0.2, -0.15) is 0 Å². The lowest BCUT2D eigenvalue weighted by Gasteiger charge is -2.37. The number of piperidine rings is 1. The van der Waals surface area contributed by atoms with E-state index in [-0.39, 0.29) is 29.2 Å². The monoisotopic (exact) mass is 270 g/mol. The van der Waals surface area contributed by atoms with Crippen molar-refractivity contribution in [2.45, 2.75) is 53.0 Å². The molecule has 0 aromatic carbocycles. The predicted octanol–water partition coefficient (Wildman–Crippen LogP) is 1.38. The summed E-state index contributed by atoms with van der Waals surface area (Å²) in [6.07, 6.45) is 1.55. The zero-order valence-electron chi connectivity index (χ0n) is 12.4. The van der Waals surface area contributed by atoms with E-state index in [1.807, 2.05) is 27.7 Å². The van der Waals surface area contributed by atoms with Gasteiger partial charge in [-0.25, -0.2) is 0 Å². The van der Waals surface area contributed by atoms with E-state index in [9.17, 15) is 9.59 Å². The minimum Gasteiger partial charge on any atom is -0.481 e. The molecular weight excluding hydrogens is 244 g/mol. The van der Waals surface area contributed by atoms with Gasteiger partial charge in [-0.3, -0.25) is 9.59 Å². The normalized spacial score (nSPS) is 20.6. The van der Waals surface area contributed by atoms with E-state index >= 15 is 0 Å². The Kier molecular flexibility index (Phi) is 4.96. The first-order valence-electron chi connectivity index (χ1n) is 6.89. The fourth-order valence-corrected chi connectivity index (χ4v) is 2.29. The van der Waals surface area contributed by atoms with E-state index < -0.39 is 5.97 Å². The summed E-state index contributed by atoms with van der Waals surface area (Å²) in [5, 5.41) is 15.2. The fourth-order valence-electron chi connectivity index (χ4n) is 2.29. The first-order chi connectivity index (χ1) is 8.65. The highest BCUT2D eigenvalue weighted by Gasteiger charge is 2.38. The minimum atomic E-state index is -0.879. The van der Waals surface area contributed by atoms with E-state index in [1.54, 1.807) is 0 Å². The van der Waals surface area contributed by atoms with E-state index in [0.717, 1.165) is 25.9 Å². The molecule has 0 aliphatic carbocycles. The average molecular weight is 270 g/mol. The van der Waals surface area contributed by atoms with Gasteiger partial charge in [0.25, 0.3) is 0 Å². The van der Waals surface area contributed by atoms with Gasteiger partial charge in [0.15, 0.2) is 0 Å². The van der Waals surface area contributed by atoms with Gasteiger partial charge >= 0.3 is 5.97 Å². The van der Waals surface area contributed by atoms with Crippen LogP contribution >= 0.6 is 0 Å². The van der Waals surface area contributed by atoms with Crippen LogP contribution in [0.4, 0.5) is 0 Å². The minimum absolute atomic E-state index is 0.0184. The van der Waals surface area contributed by atoms with Crippen LogP contribution in [0.3, 0.4) is 0 Å². The molecule has 1 rings (SSSR count). The summed E-state index contributed by atoms with van der Waals surface area (Å²) in [7, 11) is 0. The average Bonchev–Trinajstić information content (AvgIpc) is 2.27. The topological polar surface area (TPSA) is 78.4 Å². The van der Waals surface area contributed by atoms with Crippen LogP contribution in [0.1, 0.15) is 47.0 Å². The quantitative estimate of drug-likeness (QED) is 0.721. The first-order valence-corrected chi connectivity index (χ1v) is 6.89. The van der Waals surface area contributed by atoms with Crippen molar-refractivity contribution in [1.29, 1.82) is 0 Å². The van der Waals surface area contributed by atoms with Gasteiger partial charge in [0, 0.05) is 11.5 Å². The third-order valence-corrected chi connectivity index (χ3v) is 3.98. The van der Waals surface area contributed by atoms with E-state index in [4.69, 9.17) is 5.11 Å². The van der Waals surface area contributed by atoms with Crippen LogP contribution in [-0.2, 0) is 9.59 Å². The van der Waals surface area contributed by atoms with E-state index in [1.165, 1.54) is 0 Å². The first kappa shape index (κ1) is 16.0. The molecule has 0 aromatic heterocycles. The van der Waals surface area contributed by atoms with Gasteiger partial charge in [-0.15, -0.1) is 0 Å². The smallest absolute Gasteiger partial charge is 0.305 e. The highest BCUT2D eigenvalue weighted by molar-refractivity contribution is 5.83. The second-order valence-corrected chi connectivity index (χ2v) is 6.80. The van der Waals surface area contributed by atoms with Crippen molar-refractivity contribution in [3.63, 3.8) is 0 Å². The Balaban J connectivity index is 2.72. The Morgan fingerprint density at radius 2 is 1.84 bits per heavy atom. The van der Waals surface area contributed by atoms with Crippen molar-refractivity contribution >= 4 is 11.9 Å². The van der Waals surface area contributed by atoms with Crippen LogP contribution in [0.5, 0.6) is 0 Å². The van der Waals surface area contributed by atoms with Gasteiger partial charge in [0.05, 0.1) is 6.42 Å². The van der Waals surface area contributed by atoms with Gasteiger partial charge in [-0.1, -0.05) is 27.7 Å². The molecule has 1 fully saturated rings. The lowest BCUT2D eigenvalue weighted by Crippen LogP contribution is -2.52. The lowest BCUT2D eigenvalue weighted by atomic mass is 9.78. The summed E-state index contributed by atoms with van der Waals surface area (Å²) in [5.74, 6) is -0.897. The molecule has 1 heterocycles. The van der Waals surface area contributed by atoms with Crippen LogP contribution in [0.2, 0.25) is 0 Å². The molecule has 1 saturated heterocycles. The summed E-state index contributed by atoms with van der Waals surface area (Å²) in [6, 6.07) is -0.343. The Morgan fingerprint density at radius 1 is 1.32 bits per heavy atom. The molecule has 1 amide bonds. The van der Waals surface area contributed by atoms with Crippen molar-refractivity contribution in [3.8, 4) is 0 Å². The number of carbonyl (C=O) groups is 2. The molecule has 0 spiro atoms. The summed E-state index contributed by atoms with van der Waals surface area (Å²) in [5.41, 5.74) is -0.648. The predicted molar refractivity (Wildman–Crippen MR) is 73.8 cm³/mol. The Bertz CT molecular complexity index is 341. The van der Waals surface area contributed by atoms with Crippen LogP contribution in [0.15, 0.2) is 0 Å². The standard InChI is InChI=1S/C14H26N2O3/c1-13(2,3)10(9-11(17)18)16-12(19)14(4)5-7-15-8-6-14/h10,15H,5-9H2,1-4H3,(H,16,19)(H,17,18). The maximum Gasteiger partial charge on any atom is 0.305 e. The molecule has 5 nitrogen and oxygen atoms in total.